The average Bonchev–Trinajstić information content (AvgIpc) is 3.00. The number of aliphatic hydroxyl groups is 2. The Morgan fingerprint density at radius 3 is 2.43 bits per heavy atom. The standard InChI is InChI=1S/C19H26N2O7/c1-26-13-4-2-12(3-5-13)19(25)20-11-15-18(24)17(23)14(28-15)10-16(22)21-6-8-27-9-7-21/h2-5,14-15,17-18,23-24H,6-11H2,1H3,(H,20,25)/t14-,15+,17-,18+/m0/s1. The maximum atomic E-state index is 12.3. The molecule has 154 valence electrons. The number of hydrogen-bond acceptors (Lipinski definition) is 7. The fourth-order valence-corrected chi connectivity index (χ4v) is 3.31. The minimum atomic E-state index is -1.19. The lowest BCUT2D eigenvalue weighted by Gasteiger charge is -2.28. The lowest BCUT2D eigenvalue weighted by molar-refractivity contribution is -0.139. The lowest BCUT2D eigenvalue weighted by Crippen LogP contribution is -2.43. The molecule has 9 nitrogen and oxygen atoms in total. The van der Waals surface area contributed by atoms with Gasteiger partial charge in [0.15, 0.2) is 0 Å². The Labute approximate surface area is 163 Å². The number of methoxy groups -OCH3 is 1. The number of rotatable bonds is 6. The number of carbonyl (C=O) groups is 2. The minimum Gasteiger partial charge on any atom is -0.497 e. The van der Waals surface area contributed by atoms with E-state index in [9.17, 15) is 19.8 Å². The van der Waals surface area contributed by atoms with Gasteiger partial charge in [0.25, 0.3) is 5.91 Å². The first-order valence-corrected chi connectivity index (χ1v) is 9.29. The molecule has 4 atom stereocenters. The van der Waals surface area contributed by atoms with Gasteiger partial charge in [0.1, 0.15) is 24.1 Å². The van der Waals surface area contributed by atoms with Gasteiger partial charge in [-0.15, -0.1) is 0 Å². The predicted octanol–water partition coefficient (Wildman–Crippen LogP) is -0.837. The molecule has 1 aromatic rings. The zero-order valence-electron chi connectivity index (χ0n) is 15.7. The van der Waals surface area contributed by atoms with E-state index in [2.05, 4.69) is 5.32 Å². The van der Waals surface area contributed by atoms with Crippen LogP contribution in [-0.4, -0.2) is 91.3 Å². The molecule has 0 bridgehead atoms. The van der Waals surface area contributed by atoms with Gasteiger partial charge in [0, 0.05) is 25.2 Å². The molecule has 0 radical (unpaired) electrons. The van der Waals surface area contributed by atoms with Crippen molar-refractivity contribution in [1.29, 1.82) is 0 Å². The molecule has 2 heterocycles. The van der Waals surface area contributed by atoms with Crippen LogP contribution in [-0.2, 0) is 14.3 Å². The Morgan fingerprint density at radius 2 is 1.79 bits per heavy atom. The summed E-state index contributed by atoms with van der Waals surface area (Å²) in [6, 6.07) is 6.59. The number of morpholine rings is 1. The molecule has 2 aliphatic heterocycles. The fourth-order valence-electron chi connectivity index (χ4n) is 3.31. The first-order valence-electron chi connectivity index (χ1n) is 9.29. The van der Waals surface area contributed by atoms with Crippen molar-refractivity contribution >= 4 is 11.8 Å². The molecular weight excluding hydrogens is 368 g/mol. The van der Waals surface area contributed by atoms with Crippen LogP contribution in [0.4, 0.5) is 0 Å². The second-order valence-corrected chi connectivity index (χ2v) is 6.83. The van der Waals surface area contributed by atoms with Gasteiger partial charge in [-0.25, -0.2) is 0 Å². The summed E-state index contributed by atoms with van der Waals surface area (Å²) in [4.78, 5) is 26.2. The van der Waals surface area contributed by atoms with Crippen molar-refractivity contribution in [2.24, 2.45) is 0 Å². The van der Waals surface area contributed by atoms with E-state index in [1.54, 1.807) is 36.3 Å². The van der Waals surface area contributed by atoms with Crippen molar-refractivity contribution in [1.82, 2.24) is 10.2 Å². The third kappa shape index (κ3) is 4.79. The van der Waals surface area contributed by atoms with Gasteiger partial charge < -0.3 is 34.6 Å². The molecule has 0 saturated carbocycles. The molecule has 3 rings (SSSR count). The summed E-state index contributed by atoms with van der Waals surface area (Å²) in [5, 5.41) is 23.1. The molecule has 0 aliphatic carbocycles. The number of carbonyl (C=O) groups excluding carboxylic acids is 2. The smallest absolute Gasteiger partial charge is 0.251 e. The van der Waals surface area contributed by atoms with E-state index in [1.807, 2.05) is 0 Å². The highest BCUT2D eigenvalue weighted by Gasteiger charge is 2.43. The number of hydrogen-bond donors (Lipinski definition) is 3. The Bertz CT molecular complexity index is 675. The van der Waals surface area contributed by atoms with E-state index < -0.39 is 24.4 Å². The zero-order valence-corrected chi connectivity index (χ0v) is 15.7. The van der Waals surface area contributed by atoms with Crippen LogP contribution >= 0.6 is 0 Å². The minimum absolute atomic E-state index is 0.0192. The normalized spacial score (nSPS) is 27.5. The third-order valence-corrected chi connectivity index (χ3v) is 5.02. The van der Waals surface area contributed by atoms with Crippen LogP contribution in [0.2, 0.25) is 0 Å². The van der Waals surface area contributed by atoms with Crippen LogP contribution in [0.1, 0.15) is 16.8 Å². The van der Waals surface area contributed by atoms with Gasteiger partial charge in [-0.3, -0.25) is 9.59 Å². The van der Waals surface area contributed by atoms with Gasteiger partial charge >= 0.3 is 0 Å². The first kappa shape index (κ1) is 20.5. The third-order valence-electron chi connectivity index (χ3n) is 5.02. The Kier molecular flexibility index (Phi) is 6.84. The number of nitrogens with zero attached hydrogens (tertiary/aromatic N) is 1. The molecule has 0 spiro atoms. The van der Waals surface area contributed by atoms with Crippen molar-refractivity contribution < 1.29 is 34.0 Å². The average molecular weight is 394 g/mol. The lowest BCUT2D eigenvalue weighted by atomic mass is 10.0. The summed E-state index contributed by atoms with van der Waals surface area (Å²) < 4.78 is 15.9. The largest absolute Gasteiger partial charge is 0.497 e. The predicted molar refractivity (Wildman–Crippen MR) is 98.0 cm³/mol. The van der Waals surface area contributed by atoms with E-state index in [1.165, 1.54) is 0 Å². The van der Waals surface area contributed by atoms with E-state index >= 15 is 0 Å². The summed E-state index contributed by atoms with van der Waals surface area (Å²) in [5.74, 6) is 0.158. The van der Waals surface area contributed by atoms with Crippen molar-refractivity contribution in [3.63, 3.8) is 0 Å². The van der Waals surface area contributed by atoms with Crippen molar-refractivity contribution in [2.45, 2.75) is 30.8 Å². The first-order chi connectivity index (χ1) is 13.5. The molecule has 2 aliphatic rings. The fraction of sp³-hybridized carbons (Fsp3) is 0.579. The van der Waals surface area contributed by atoms with Crippen LogP contribution in [0.15, 0.2) is 24.3 Å². The Balaban J connectivity index is 1.50. The summed E-state index contributed by atoms with van der Waals surface area (Å²) in [5.41, 5.74) is 0.438. The molecule has 1 aromatic carbocycles. The number of amides is 2. The van der Waals surface area contributed by atoms with Crippen LogP contribution in [0.5, 0.6) is 5.75 Å². The van der Waals surface area contributed by atoms with Gasteiger partial charge in [-0.2, -0.15) is 0 Å². The Hall–Kier alpha value is -2.20. The molecule has 2 fully saturated rings. The van der Waals surface area contributed by atoms with Crippen LogP contribution < -0.4 is 10.1 Å². The summed E-state index contributed by atoms with van der Waals surface area (Å²) >= 11 is 0. The maximum Gasteiger partial charge on any atom is 0.251 e. The highest BCUT2D eigenvalue weighted by Crippen LogP contribution is 2.24. The number of nitrogens with one attached hydrogen (secondary N) is 1. The molecule has 0 unspecified atom stereocenters. The SMILES string of the molecule is COc1ccc(C(=O)NC[C@H]2O[C@@H](CC(=O)N3CCOCC3)[C@H](O)[C@@H]2O)cc1. The molecular formula is C19H26N2O7. The monoisotopic (exact) mass is 394 g/mol. The second-order valence-electron chi connectivity index (χ2n) is 6.83. The highest BCUT2D eigenvalue weighted by atomic mass is 16.5. The van der Waals surface area contributed by atoms with Crippen LogP contribution in [0.3, 0.4) is 0 Å². The van der Waals surface area contributed by atoms with Gasteiger partial charge in [-0.05, 0) is 24.3 Å². The van der Waals surface area contributed by atoms with Gasteiger partial charge in [0.05, 0.1) is 32.8 Å². The second kappa shape index (κ2) is 9.33. The molecule has 2 amide bonds. The van der Waals surface area contributed by atoms with E-state index in [4.69, 9.17) is 14.2 Å². The molecule has 2 saturated heterocycles. The zero-order chi connectivity index (χ0) is 20.1. The number of ether oxygens (including phenoxy) is 3. The van der Waals surface area contributed by atoms with Gasteiger partial charge in [0.2, 0.25) is 5.91 Å². The summed E-state index contributed by atoms with van der Waals surface area (Å²) in [6.07, 6.45) is -4.00. The Morgan fingerprint density at radius 1 is 1.14 bits per heavy atom. The van der Waals surface area contributed by atoms with Crippen molar-refractivity contribution in [3.8, 4) is 5.75 Å². The maximum absolute atomic E-state index is 12.3. The van der Waals surface area contributed by atoms with Crippen LogP contribution in [0, 0.1) is 0 Å². The topological polar surface area (TPSA) is 118 Å². The van der Waals surface area contributed by atoms with Crippen molar-refractivity contribution in [3.05, 3.63) is 29.8 Å². The number of aliphatic hydroxyl groups excluding tert-OH is 2. The van der Waals surface area contributed by atoms with Crippen LogP contribution in [0.25, 0.3) is 0 Å². The molecule has 9 heteroatoms. The quantitative estimate of drug-likeness (QED) is 0.576. The highest BCUT2D eigenvalue weighted by molar-refractivity contribution is 5.94. The van der Waals surface area contributed by atoms with E-state index in [0.717, 1.165) is 0 Å². The van der Waals surface area contributed by atoms with E-state index in [0.29, 0.717) is 37.6 Å². The number of benzene rings is 1. The molecule has 28 heavy (non-hydrogen) atoms. The summed E-state index contributed by atoms with van der Waals surface area (Å²) in [6.45, 7) is 2.01. The molecule has 3 N–H and O–H groups in total. The van der Waals surface area contributed by atoms with Crippen molar-refractivity contribution in [2.75, 3.05) is 40.0 Å². The van der Waals surface area contributed by atoms with E-state index in [-0.39, 0.29) is 24.8 Å². The molecule has 0 aromatic heterocycles. The van der Waals surface area contributed by atoms with Gasteiger partial charge in [-0.1, -0.05) is 0 Å². The summed E-state index contributed by atoms with van der Waals surface area (Å²) in [7, 11) is 1.54.